The van der Waals surface area contributed by atoms with Crippen molar-refractivity contribution in [3.63, 3.8) is 0 Å². The summed E-state index contributed by atoms with van der Waals surface area (Å²) in [5.41, 5.74) is 6.84. The highest BCUT2D eigenvalue weighted by Crippen LogP contribution is 2.24. The molecule has 0 bridgehead atoms. The lowest BCUT2D eigenvalue weighted by Gasteiger charge is -2.27. The van der Waals surface area contributed by atoms with Crippen LogP contribution in [0.3, 0.4) is 0 Å². The SMILES string of the molecule is NC1CCCC(C(=O)N[C@H](CO)c2ccccc2)C1. The lowest BCUT2D eigenvalue weighted by Crippen LogP contribution is -2.40. The molecular formula is C15H22N2O2. The molecule has 1 aliphatic carbocycles. The van der Waals surface area contributed by atoms with E-state index in [0.29, 0.717) is 0 Å². The number of hydrogen-bond acceptors (Lipinski definition) is 3. The maximum atomic E-state index is 12.2. The fourth-order valence-corrected chi connectivity index (χ4v) is 2.68. The predicted octanol–water partition coefficient (Wildman–Crippen LogP) is 1.35. The first-order valence-corrected chi connectivity index (χ1v) is 6.92. The third-order valence-electron chi connectivity index (χ3n) is 3.79. The summed E-state index contributed by atoms with van der Waals surface area (Å²) in [7, 11) is 0. The summed E-state index contributed by atoms with van der Waals surface area (Å²) in [5.74, 6) is -0.000402. The van der Waals surface area contributed by atoms with Crippen LogP contribution < -0.4 is 11.1 Å². The Hall–Kier alpha value is -1.39. The van der Waals surface area contributed by atoms with Crippen molar-refractivity contribution in [3.05, 3.63) is 35.9 Å². The Labute approximate surface area is 114 Å². The Kier molecular flexibility index (Phi) is 4.93. The second-order valence-corrected chi connectivity index (χ2v) is 5.28. The van der Waals surface area contributed by atoms with E-state index < -0.39 is 0 Å². The molecule has 19 heavy (non-hydrogen) atoms. The number of nitrogens with two attached hydrogens (primary N) is 1. The number of carbonyl (C=O) groups is 1. The Bertz CT molecular complexity index is 408. The molecule has 0 radical (unpaired) electrons. The number of rotatable bonds is 4. The molecule has 1 fully saturated rings. The maximum absolute atomic E-state index is 12.2. The summed E-state index contributed by atoms with van der Waals surface area (Å²) in [4.78, 5) is 12.2. The van der Waals surface area contributed by atoms with Crippen LogP contribution in [0.2, 0.25) is 0 Å². The van der Waals surface area contributed by atoms with Gasteiger partial charge in [-0.25, -0.2) is 0 Å². The molecule has 4 nitrogen and oxygen atoms in total. The van der Waals surface area contributed by atoms with E-state index in [9.17, 15) is 9.90 Å². The molecule has 0 spiro atoms. The van der Waals surface area contributed by atoms with Crippen molar-refractivity contribution in [1.29, 1.82) is 0 Å². The Morgan fingerprint density at radius 2 is 2.11 bits per heavy atom. The van der Waals surface area contributed by atoms with Crippen LogP contribution >= 0.6 is 0 Å². The molecule has 0 saturated heterocycles. The largest absolute Gasteiger partial charge is 0.394 e. The average molecular weight is 262 g/mol. The summed E-state index contributed by atoms with van der Waals surface area (Å²) >= 11 is 0. The van der Waals surface area contributed by atoms with Crippen LogP contribution in [-0.2, 0) is 4.79 Å². The molecule has 4 N–H and O–H groups in total. The molecule has 0 heterocycles. The summed E-state index contributed by atoms with van der Waals surface area (Å²) in [6, 6.07) is 9.35. The van der Waals surface area contributed by atoms with Gasteiger partial charge in [-0.1, -0.05) is 36.8 Å². The normalized spacial score (nSPS) is 24.7. The lowest BCUT2D eigenvalue weighted by molar-refractivity contribution is -0.127. The number of nitrogens with one attached hydrogen (secondary N) is 1. The van der Waals surface area contributed by atoms with E-state index >= 15 is 0 Å². The third kappa shape index (κ3) is 3.78. The van der Waals surface area contributed by atoms with Crippen LogP contribution in [0.25, 0.3) is 0 Å². The van der Waals surface area contributed by atoms with Crippen LogP contribution in [0, 0.1) is 5.92 Å². The van der Waals surface area contributed by atoms with Crippen LogP contribution in [0.15, 0.2) is 30.3 Å². The standard InChI is InChI=1S/C15H22N2O2/c16-13-8-4-7-12(9-13)15(19)17-14(10-18)11-5-2-1-3-6-11/h1-3,5-6,12-14,18H,4,7-10,16H2,(H,17,19)/t12?,13?,14-/m1/s1. The lowest BCUT2D eigenvalue weighted by atomic mass is 9.85. The molecule has 2 unspecified atom stereocenters. The minimum atomic E-state index is -0.327. The van der Waals surface area contributed by atoms with Crippen molar-refractivity contribution in [2.24, 2.45) is 11.7 Å². The monoisotopic (exact) mass is 262 g/mol. The molecule has 104 valence electrons. The van der Waals surface area contributed by atoms with E-state index in [2.05, 4.69) is 5.32 Å². The van der Waals surface area contributed by atoms with Crippen molar-refractivity contribution >= 4 is 5.91 Å². The van der Waals surface area contributed by atoms with Gasteiger partial charge < -0.3 is 16.2 Å². The second-order valence-electron chi connectivity index (χ2n) is 5.28. The van der Waals surface area contributed by atoms with Crippen molar-refractivity contribution in [3.8, 4) is 0 Å². The number of hydrogen-bond donors (Lipinski definition) is 3. The van der Waals surface area contributed by atoms with Gasteiger partial charge in [-0.3, -0.25) is 4.79 Å². The number of carbonyl (C=O) groups excluding carboxylic acids is 1. The van der Waals surface area contributed by atoms with Gasteiger partial charge in [0.15, 0.2) is 0 Å². The van der Waals surface area contributed by atoms with Gasteiger partial charge in [0.2, 0.25) is 5.91 Å². The van der Waals surface area contributed by atoms with Crippen LogP contribution in [0.4, 0.5) is 0 Å². The first-order valence-electron chi connectivity index (χ1n) is 6.92. The first-order chi connectivity index (χ1) is 9.20. The number of amides is 1. The number of aliphatic hydroxyl groups is 1. The minimum absolute atomic E-state index is 0.0121. The van der Waals surface area contributed by atoms with E-state index in [0.717, 1.165) is 31.2 Å². The van der Waals surface area contributed by atoms with Crippen molar-refractivity contribution in [2.45, 2.75) is 37.8 Å². The van der Waals surface area contributed by atoms with Gasteiger partial charge in [-0.15, -0.1) is 0 Å². The van der Waals surface area contributed by atoms with Gasteiger partial charge >= 0.3 is 0 Å². The highest BCUT2D eigenvalue weighted by Gasteiger charge is 2.26. The molecule has 3 atom stereocenters. The second kappa shape index (κ2) is 6.68. The molecule has 4 heteroatoms. The van der Waals surface area contributed by atoms with Crippen molar-refractivity contribution in [2.75, 3.05) is 6.61 Å². The van der Waals surface area contributed by atoms with Crippen LogP contribution in [-0.4, -0.2) is 23.7 Å². The number of benzene rings is 1. The van der Waals surface area contributed by atoms with Crippen molar-refractivity contribution in [1.82, 2.24) is 5.32 Å². The van der Waals surface area contributed by atoms with Crippen LogP contribution in [0.5, 0.6) is 0 Å². The Morgan fingerprint density at radius 3 is 2.74 bits per heavy atom. The third-order valence-corrected chi connectivity index (χ3v) is 3.79. The van der Waals surface area contributed by atoms with E-state index in [4.69, 9.17) is 5.73 Å². The summed E-state index contributed by atoms with van der Waals surface area (Å²) in [6.07, 6.45) is 3.66. The van der Waals surface area contributed by atoms with E-state index in [-0.39, 0.29) is 30.5 Å². The Morgan fingerprint density at radius 1 is 1.37 bits per heavy atom. The molecule has 1 aliphatic rings. The molecular weight excluding hydrogens is 240 g/mol. The van der Waals surface area contributed by atoms with Crippen LogP contribution in [0.1, 0.15) is 37.3 Å². The van der Waals surface area contributed by atoms with Gasteiger partial charge in [0.05, 0.1) is 12.6 Å². The summed E-state index contributed by atoms with van der Waals surface area (Å²) in [5, 5.41) is 12.4. The molecule has 0 aromatic heterocycles. The fourth-order valence-electron chi connectivity index (χ4n) is 2.68. The molecule has 1 amide bonds. The molecule has 1 saturated carbocycles. The van der Waals surface area contributed by atoms with Gasteiger partial charge in [-0.05, 0) is 24.8 Å². The highest BCUT2D eigenvalue weighted by molar-refractivity contribution is 5.79. The van der Waals surface area contributed by atoms with Gasteiger partial charge in [0.25, 0.3) is 0 Å². The van der Waals surface area contributed by atoms with Gasteiger partial charge in [-0.2, -0.15) is 0 Å². The zero-order chi connectivity index (χ0) is 13.7. The first kappa shape index (κ1) is 14.0. The fraction of sp³-hybridized carbons (Fsp3) is 0.533. The molecule has 0 aliphatic heterocycles. The van der Waals surface area contributed by atoms with E-state index in [1.807, 2.05) is 30.3 Å². The number of aliphatic hydroxyl groups excluding tert-OH is 1. The molecule has 2 rings (SSSR count). The topological polar surface area (TPSA) is 75.4 Å². The summed E-state index contributed by atoms with van der Waals surface area (Å²) in [6.45, 7) is -0.0888. The summed E-state index contributed by atoms with van der Waals surface area (Å²) < 4.78 is 0. The smallest absolute Gasteiger partial charge is 0.223 e. The average Bonchev–Trinajstić information content (AvgIpc) is 2.45. The molecule has 1 aromatic rings. The minimum Gasteiger partial charge on any atom is -0.394 e. The zero-order valence-electron chi connectivity index (χ0n) is 11.1. The highest BCUT2D eigenvalue weighted by atomic mass is 16.3. The van der Waals surface area contributed by atoms with E-state index in [1.165, 1.54) is 0 Å². The zero-order valence-corrected chi connectivity index (χ0v) is 11.1. The molecule has 1 aromatic carbocycles. The van der Waals surface area contributed by atoms with Gasteiger partial charge in [0.1, 0.15) is 0 Å². The maximum Gasteiger partial charge on any atom is 0.223 e. The Balaban J connectivity index is 1.96. The van der Waals surface area contributed by atoms with Crippen molar-refractivity contribution < 1.29 is 9.90 Å². The van der Waals surface area contributed by atoms with E-state index in [1.54, 1.807) is 0 Å². The quantitative estimate of drug-likeness (QED) is 0.766. The predicted molar refractivity (Wildman–Crippen MR) is 74.3 cm³/mol. The van der Waals surface area contributed by atoms with Gasteiger partial charge in [0, 0.05) is 12.0 Å².